The zero-order valence-corrected chi connectivity index (χ0v) is 13.9. The third-order valence-electron chi connectivity index (χ3n) is 4.22. The van der Waals surface area contributed by atoms with Gasteiger partial charge in [-0.1, -0.05) is 61.9 Å². The smallest absolute Gasteiger partial charge is 0.0731 e. The molecule has 116 valence electrons. The predicted molar refractivity (Wildman–Crippen MR) is 98.5 cm³/mol. The summed E-state index contributed by atoms with van der Waals surface area (Å²) in [5.74, 6) is 0. The summed E-state index contributed by atoms with van der Waals surface area (Å²) in [4.78, 5) is 4.54. The minimum absolute atomic E-state index is 1.07. The number of hydrogen-bond donors (Lipinski definition) is 0. The molecule has 1 aromatic heterocycles. The van der Waals surface area contributed by atoms with Gasteiger partial charge in [-0.15, -0.1) is 0 Å². The quantitative estimate of drug-likeness (QED) is 0.557. The summed E-state index contributed by atoms with van der Waals surface area (Å²) in [6.07, 6.45) is 5.50. The fourth-order valence-electron chi connectivity index (χ4n) is 2.92. The number of aryl methyl sites for hydroxylation is 2. The Balaban J connectivity index is 1.95. The number of hydrogen-bond acceptors (Lipinski definition) is 1. The van der Waals surface area contributed by atoms with Crippen LogP contribution in [0, 0.1) is 6.92 Å². The molecule has 0 saturated carbocycles. The molecule has 1 heterocycles. The topological polar surface area (TPSA) is 12.9 Å². The molecule has 0 radical (unpaired) electrons. The van der Waals surface area contributed by atoms with Crippen LogP contribution >= 0.6 is 0 Å². The fraction of sp³-hybridized carbons (Fsp3) is 0.227. The molecule has 0 aliphatic carbocycles. The van der Waals surface area contributed by atoms with Crippen LogP contribution in [0.25, 0.3) is 22.4 Å². The summed E-state index contributed by atoms with van der Waals surface area (Å²) < 4.78 is 0. The Bertz CT molecular complexity index is 789. The summed E-state index contributed by atoms with van der Waals surface area (Å²) in [5.41, 5.74) is 7.42. The lowest BCUT2D eigenvalue weighted by molar-refractivity contribution is 0.795. The third-order valence-corrected chi connectivity index (χ3v) is 4.22. The van der Waals surface area contributed by atoms with E-state index < -0.39 is 0 Å². The highest BCUT2D eigenvalue weighted by atomic mass is 14.7. The van der Waals surface area contributed by atoms with Crippen LogP contribution in [0.2, 0.25) is 0 Å². The molecule has 0 saturated heterocycles. The van der Waals surface area contributed by atoms with Gasteiger partial charge in [0.05, 0.1) is 5.69 Å². The summed E-state index contributed by atoms with van der Waals surface area (Å²) in [5, 5.41) is 0. The molecule has 0 aliphatic heterocycles. The van der Waals surface area contributed by atoms with E-state index in [9.17, 15) is 0 Å². The molecule has 0 amide bonds. The average molecular weight is 301 g/mol. The molecule has 23 heavy (non-hydrogen) atoms. The lowest BCUT2D eigenvalue weighted by atomic mass is 9.97. The molecule has 0 unspecified atom stereocenters. The van der Waals surface area contributed by atoms with E-state index in [1.807, 2.05) is 12.3 Å². The molecule has 0 spiro atoms. The highest BCUT2D eigenvalue weighted by Gasteiger charge is 2.05. The van der Waals surface area contributed by atoms with Crippen LogP contribution in [0.4, 0.5) is 0 Å². The van der Waals surface area contributed by atoms with Gasteiger partial charge < -0.3 is 0 Å². The van der Waals surface area contributed by atoms with Gasteiger partial charge in [0.2, 0.25) is 0 Å². The Morgan fingerprint density at radius 2 is 1.57 bits per heavy atom. The van der Waals surface area contributed by atoms with Crippen molar-refractivity contribution in [3.05, 3.63) is 78.0 Å². The maximum Gasteiger partial charge on any atom is 0.0731 e. The molecule has 3 rings (SSSR count). The maximum atomic E-state index is 4.54. The molecule has 1 heteroatoms. The largest absolute Gasteiger partial charge is 0.256 e. The van der Waals surface area contributed by atoms with Crippen LogP contribution in [-0.4, -0.2) is 4.98 Å². The summed E-state index contributed by atoms with van der Waals surface area (Å²) >= 11 is 0. The van der Waals surface area contributed by atoms with E-state index in [0.717, 1.165) is 12.1 Å². The number of benzene rings is 2. The maximum absolute atomic E-state index is 4.54. The van der Waals surface area contributed by atoms with Gasteiger partial charge in [-0.05, 0) is 54.2 Å². The van der Waals surface area contributed by atoms with Gasteiger partial charge >= 0.3 is 0 Å². The summed E-state index contributed by atoms with van der Waals surface area (Å²) in [7, 11) is 0. The molecule has 2 aromatic carbocycles. The highest BCUT2D eigenvalue weighted by molar-refractivity contribution is 5.72. The molecular formula is C22H23N. The van der Waals surface area contributed by atoms with Crippen LogP contribution in [0.15, 0.2) is 66.9 Å². The second kappa shape index (κ2) is 7.23. The number of aromatic nitrogens is 1. The van der Waals surface area contributed by atoms with Crippen LogP contribution in [0.1, 0.15) is 30.9 Å². The Labute approximate surface area is 139 Å². The zero-order valence-electron chi connectivity index (χ0n) is 13.9. The summed E-state index contributed by atoms with van der Waals surface area (Å²) in [6, 6.07) is 21.7. The normalized spacial score (nSPS) is 10.7. The van der Waals surface area contributed by atoms with Crippen LogP contribution in [-0.2, 0) is 6.42 Å². The van der Waals surface area contributed by atoms with Gasteiger partial charge in [-0.3, -0.25) is 4.98 Å². The molecule has 1 nitrogen and oxygen atoms in total. The van der Waals surface area contributed by atoms with Crippen molar-refractivity contribution in [3.63, 3.8) is 0 Å². The van der Waals surface area contributed by atoms with Gasteiger partial charge in [0.25, 0.3) is 0 Å². The lowest BCUT2D eigenvalue weighted by Gasteiger charge is -2.09. The fourth-order valence-corrected chi connectivity index (χ4v) is 2.92. The molecular weight excluding hydrogens is 278 g/mol. The third kappa shape index (κ3) is 3.68. The van der Waals surface area contributed by atoms with Crippen molar-refractivity contribution in [2.24, 2.45) is 0 Å². The Morgan fingerprint density at radius 1 is 0.826 bits per heavy atom. The zero-order chi connectivity index (χ0) is 16.1. The minimum Gasteiger partial charge on any atom is -0.256 e. The Morgan fingerprint density at radius 3 is 2.35 bits per heavy atom. The molecule has 0 fully saturated rings. The molecule has 0 N–H and O–H groups in total. The molecule has 0 atom stereocenters. The van der Waals surface area contributed by atoms with E-state index in [1.165, 1.54) is 40.7 Å². The van der Waals surface area contributed by atoms with Crippen LogP contribution in [0.3, 0.4) is 0 Å². The lowest BCUT2D eigenvalue weighted by Crippen LogP contribution is -1.89. The van der Waals surface area contributed by atoms with Gasteiger partial charge in [0.1, 0.15) is 0 Å². The first-order chi connectivity index (χ1) is 11.3. The predicted octanol–water partition coefficient (Wildman–Crippen LogP) is 6.07. The molecule has 0 aliphatic rings. The van der Waals surface area contributed by atoms with Gasteiger partial charge in [0.15, 0.2) is 0 Å². The Hall–Kier alpha value is -2.41. The number of unbranched alkanes of at least 4 members (excludes halogenated alkanes) is 1. The van der Waals surface area contributed by atoms with Crippen LogP contribution < -0.4 is 0 Å². The van der Waals surface area contributed by atoms with E-state index in [-0.39, 0.29) is 0 Å². The van der Waals surface area contributed by atoms with Crippen molar-refractivity contribution in [1.29, 1.82) is 0 Å². The minimum atomic E-state index is 1.07. The second-order valence-corrected chi connectivity index (χ2v) is 6.05. The second-order valence-electron chi connectivity index (χ2n) is 6.05. The van der Waals surface area contributed by atoms with E-state index in [2.05, 4.69) is 73.4 Å². The van der Waals surface area contributed by atoms with Crippen molar-refractivity contribution in [1.82, 2.24) is 4.98 Å². The van der Waals surface area contributed by atoms with Crippen molar-refractivity contribution in [2.75, 3.05) is 0 Å². The van der Waals surface area contributed by atoms with Crippen molar-refractivity contribution >= 4 is 0 Å². The molecule has 0 bridgehead atoms. The van der Waals surface area contributed by atoms with Gasteiger partial charge in [0, 0.05) is 11.8 Å². The van der Waals surface area contributed by atoms with E-state index in [1.54, 1.807) is 0 Å². The highest BCUT2D eigenvalue weighted by Crippen LogP contribution is 2.27. The van der Waals surface area contributed by atoms with Crippen molar-refractivity contribution < 1.29 is 0 Å². The standard InChI is InChI=1S/C22H23N/c1-3-4-9-18-10-5-11-19(15-18)20-12-6-13-21(16-20)22-17(2)8-7-14-23-22/h5-8,10-16H,3-4,9H2,1-2H3. The van der Waals surface area contributed by atoms with Gasteiger partial charge in [-0.2, -0.15) is 0 Å². The van der Waals surface area contributed by atoms with E-state index >= 15 is 0 Å². The van der Waals surface area contributed by atoms with E-state index in [4.69, 9.17) is 0 Å². The molecule has 3 aromatic rings. The average Bonchev–Trinajstić information content (AvgIpc) is 2.61. The van der Waals surface area contributed by atoms with E-state index in [0.29, 0.717) is 0 Å². The SMILES string of the molecule is CCCCc1cccc(-c2cccc(-c3ncccc3C)c2)c1. The summed E-state index contributed by atoms with van der Waals surface area (Å²) in [6.45, 7) is 4.35. The first-order valence-corrected chi connectivity index (χ1v) is 8.39. The number of nitrogens with zero attached hydrogens (tertiary/aromatic N) is 1. The first kappa shape index (κ1) is 15.5. The number of pyridine rings is 1. The van der Waals surface area contributed by atoms with Crippen molar-refractivity contribution in [2.45, 2.75) is 33.1 Å². The Kier molecular flexibility index (Phi) is 4.87. The monoisotopic (exact) mass is 301 g/mol. The van der Waals surface area contributed by atoms with Crippen LogP contribution in [0.5, 0.6) is 0 Å². The number of rotatable bonds is 5. The van der Waals surface area contributed by atoms with Crippen molar-refractivity contribution in [3.8, 4) is 22.4 Å². The first-order valence-electron chi connectivity index (χ1n) is 8.39. The van der Waals surface area contributed by atoms with Gasteiger partial charge in [-0.25, -0.2) is 0 Å².